The predicted molar refractivity (Wildman–Crippen MR) is 52.2 cm³/mol. The van der Waals surface area contributed by atoms with Crippen LogP contribution in [0.1, 0.15) is 19.3 Å². The number of rotatable bonds is 4. The highest BCUT2D eigenvalue weighted by molar-refractivity contribution is 5.44. The summed E-state index contributed by atoms with van der Waals surface area (Å²) in [6, 6.07) is 3.47. The largest absolute Gasteiger partial charge is 0.383 e. The molecule has 0 atom stereocenters. The molecule has 1 N–H and O–H groups in total. The first-order chi connectivity index (χ1) is 6.75. The van der Waals surface area contributed by atoms with Crippen LogP contribution in [0.5, 0.6) is 0 Å². The van der Waals surface area contributed by atoms with Gasteiger partial charge in [0, 0.05) is 6.54 Å². The van der Waals surface area contributed by atoms with Crippen LogP contribution in [0.3, 0.4) is 0 Å². The number of anilines is 1. The first-order valence-electron chi connectivity index (χ1n) is 4.94. The Balaban J connectivity index is 1.89. The Morgan fingerprint density at radius 1 is 1.29 bits per heavy atom. The normalized spacial score (nSPS) is 15.6. The summed E-state index contributed by atoms with van der Waals surface area (Å²) >= 11 is 0. The third-order valence-corrected chi connectivity index (χ3v) is 2.49. The van der Waals surface area contributed by atoms with Crippen LogP contribution < -0.4 is 5.32 Å². The summed E-state index contributed by atoms with van der Waals surface area (Å²) in [5.74, 6) is 0.0154. The van der Waals surface area contributed by atoms with E-state index in [0.29, 0.717) is 0 Å². The maximum absolute atomic E-state index is 13.1. The maximum atomic E-state index is 13.1. The Bertz CT molecular complexity index is 321. The summed E-state index contributed by atoms with van der Waals surface area (Å²) in [4.78, 5) is 0. The van der Waals surface area contributed by atoms with Crippen molar-refractivity contribution in [3.05, 3.63) is 29.8 Å². The van der Waals surface area contributed by atoms with Crippen molar-refractivity contribution in [2.24, 2.45) is 5.92 Å². The minimum Gasteiger partial charge on any atom is -0.383 e. The lowest BCUT2D eigenvalue weighted by atomic mass is 10.2. The van der Waals surface area contributed by atoms with Gasteiger partial charge in [-0.2, -0.15) is 0 Å². The van der Waals surface area contributed by atoms with E-state index in [2.05, 4.69) is 5.32 Å². The molecule has 1 fully saturated rings. The van der Waals surface area contributed by atoms with E-state index in [4.69, 9.17) is 0 Å². The quantitative estimate of drug-likeness (QED) is 0.781. The fourth-order valence-electron chi connectivity index (χ4n) is 1.45. The molecule has 14 heavy (non-hydrogen) atoms. The number of nitrogens with one attached hydrogen (secondary N) is 1. The molecule has 0 heterocycles. The molecule has 0 amide bonds. The molecule has 1 aromatic carbocycles. The van der Waals surface area contributed by atoms with E-state index in [1.54, 1.807) is 0 Å². The van der Waals surface area contributed by atoms with Crippen molar-refractivity contribution in [2.75, 3.05) is 11.9 Å². The highest BCUT2D eigenvalue weighted by atomic mass is 19.1. The van der Waals surface area contributed by atoms with Crippen LogP contribution >= 0.6 is 0 Å². The summed E-state index contributed by atoms with van der Waals surface area (Å²) in [5.41, 5.74) is 0.269. The van der Waals surface area contributed by atoms with Crippen molar-refractivity contribution < 1.29 is 8.78 Å². The molecule has 1 aliphatic rings. The molecule has 1 saturated carbocycles. The smallest absolute Gasteiger partial charge is 0.146 e. The van der Waals surface area contributed by atoms with E-state index in [-0.39, 0.29) is 11.5 Å². The maximum Gasteiger partial charge on any atom is 0.146 e. The highest BCUT2D eigenvalue weighted by Crippen LogP contribution is 2.32. The van der Waals surface area contributed by atoms with E-state index in [1.165, 1.54) is 18.9 Å². The van der Waals surface area contributed by atoms with Crippen molar-refractivity contribution in [3.8, 4) is 0 Å². The third kappa shape index (κ3) is 2.44. The molecule has 0 saturated heterocycles. The van der Waals surface area contributed by atoms with Gasteiger partial charge in [0.05, 0.1) is 5.69 Å². The van der Waals surface area contributed by atoms with Crippen molar-refractivity contribution in [1.29, 1.82) is 0 Å². The Morgan fingerprint density at radius 2 is 2.07 bits per heavy atom. The van der Waals surface area contributed by atoms with Gasteiger partial charge in [0.2, 0.25) is 0 Å². The first-order valence-corrected chi connectivity index (χ1v) is 4.94. The van der Waals surface area contributed by atoms with Gasteiger partial charge in [-0.15, -0.1) is 0 Å². The van der Waals surface area contributed by atoms with Gasteiger partial charge in [-0.25, -0.2) is 8.78 Å². The summed E-state index contributed by atoms with van der Waals surface area (Å²) in [5, 5.41) is 2.91. The Morgan fingerprint density at radius 3 is 2.79 bits per heavy atom. The molecule has 1 aliphatic carbocycles. The molecule has 76 valence electrons. The lowest BCUT2D eigenvalue weighted by molar-refractivity contribution is 0.601. The summed E-state index contributed by atoms with van der Waals surface area (Å²) in [6.45, 7) is 0.727. The van der Waals surface area contributed by atoms with Crippen molar-refractivity contribution in [2.45, 2.75) is 19.3 Å². The van der Waals surface area contributed by atoms with Crippen LogP contribution in [0.15, 0.2) is 18.2 Å². The van der Waals surface area contributed by atoms with Crippen molar-refractivity contribution >= 4 is 5.69 Å². The van der Waals surface area contributed by atoms with Crippen LogP contribution in [-0.4, -0.2) is 6.54 Å². The number of hydrogen-bond acceptors (Lipinski definition) is 1. The molecule has 0 radical (unpaired) electrons. The summed E-state index contributed by atoms with van der Waals surface area (Å²) in [6.07, 6.45) is 3.62. The summed E-state index contributed by atoms with van der Waals surface area (Å²) in [7, 11) is 0. The lowest BCUT2D eigenvalue weighted by Crippen LogP contribution is -2.04. The fraction of sp³-hybridized carbons (Fsp3) is 0.455. The Hall–Kier alpha value is -1.12. The van der Waals surface area contributed by atoms with Crippen molar-refractivity contribution in [3.63, 3.8) is 0 Å². The van der Waals surface area contributed by atoms with Gasteiger partial charge in [-0.05, 0) is 30.5 Å². The molecular formula is C11H13F2N. The minimum absolute atomic E-state index is 0.269. The predicted octanol–water partition coefficient (Wildman–Crippen LogP) is 3.18. The molecule has 0 bridgehead atoms. The monoisotopic (exact) mass is 197 g/mol. The standard InChI is InChI=1S/C11H13F2N/c12-9-3-4-10(13)11(7-9)14-6-5-8-1-2-8/h3-4,7-8,14H,1-2,5-6H2. The van der Waals surface area contributed by atoms with E-state index < -0.39 is 5.82 Å². The van der Waals surface area contributed by atoms with Crippen LogP contribution in [0, 0.1) is 17.6 Å². The van der Waals surface area contributed by atoms with Gasteiger partial charge in [0.15, 0.2) is 0 Å². The van der Waals surface area contributed by atoms with Gasteiger partial charge in [-0.3, -0.25) is 0 Å². The second-order valence-electron chi connectivity index (χ2n) is 3.78. The van der Waals surface area contributed by atoms with Gasteiger partial charge in [-0.1, -0.05) is 12.8 Å². The summed E-state index contributed by atoms with van der Waals surface area (Å²) < 4.78 is 25.8. The van der Waals surface area contributed by atoms with Crippen LogP contribution in [-0.2, 0) is 0 Å². The molecule has 0 unspecified atom stereocenters. The second-order valence-corrected chi connectivity index (χ2v) is 3.78. The molecule has 0 spiro atoms. The third-order valence-electron chi connectivity index (χ3n) is 2.49. The Kier molecular flexibility index (Phi) is 2.66. The SMILES string of the molecule is Fc1ccc(F)c(NCCC2CC2)c1. The van der Waals surface area contributed by atoms with Crippen LogP contribution in [0.2, 0.25) is 0 Å². The van der Waals surface area contributed by atoms with Gasteiger partial charge in [0.25, 0.3) is 0 Å². The van der Waals surface area contributed by atoms with E-state index in [1.807, 2.05) is 0 Å². The highest BCUT2D eigenvalue weighted by Gasteiger charge is 2.20. The van der Waals surface area contributed by atoms with E-state index >= 15 is 0 Å². The zero-order valence-corrected chi connectivity index (χ0v) is 7.89. The van der Waals surface area contributed by atoms with Crippen LogP contribution in [0.25, 0.3) is 0 Å². The molecular weight excluding hydrogens is 184 g/mol. The van der Waals surface area contributed by atoms with Crippen molar-refractivity contribution in [1.82, 2.24) is 0 Å². The molecule has 0 aromatic heterocycles. The topological polar surface area (TPSA) is 12.0 Å². The second kappa shape index (κ2) is 3.95. The number of benzene rings is 1. The first kappa shape index (κ1) is 9.44. The van der Waals surface area contributed by atoms with E-state index in [0.717, 1.165) is 31.0 Å². The lowest BCUT2D eigenvalue weighted by Gasteiger charge is -2.06. The fourth-order valence-corrected chi connectivity index (χ4v) is 1.45. The van der Waals surface area contributed by atoms with E-state index in [9.17, 15) is 8.78 Å². The molecule has 1 aromatic rings. The molecule has 2 rings (SSSR count). The zero-order valence-electron chi connectivity index (χ0n) is 7.89. The van der Waals surface area contributed by atoms with Gasteiger partial charge >= 0.3 is 0 Å². The Labute approximate surface area is 82.1 Å². The number of halogens is 2. The molecule has 0 aliphatic heterocycles. The van der Waals surface area contributed by atoms with Gasteiger partial charge < -0.3 is 5.32 Å². The van der Waals surface area contributed by atoms with Gasteiger partial charge in [0.1, 0.15) is 11.6 Å². The zero-order chi connectivity index (χ0) is 9.97. The molecule has 1 nitrogen and oxygen atoms in total. The average Bonchev–Trinajstić information content (AvgIpc) is 2.95. The van der Waals surface area contributed by atoms with Crippen LogP contribution in [0.4, 0.5) is 14.5 Å². The number of hydrogen-bond donors (Lipinski definition) is 1. The minimum atomic E-state index is -0.402. The average molecular weight is 197 g/mol. The molecule has 3 heteroatoms.